The number of rotatable bonds is 4. The van der Waals surface area contributed by atoms with Gasteiger partial charge in [-0.3, -0.25) is 9.59 Å². The van der Waals surface area contributed by atoms with Crippen molar-refractivity contribution < 1.29 is 19.8 Å². The van der Waals surface area contributed by atoms with Crippen LogP contribution in [0.2, 0.25) is 0 Å². The van der Waals surface area contributed by atoms with E-state index in [1.165, 1.54) is 0 Å². The Morgan fingerprint density at radius 3 is 2.20 bits per heavy atom. The Hall–Kier alpha value is -1.10. The van der Waals surface area contributed by atoms with E-state index in [2.05, 4.69) is 0 Å². The second-order valence-electron chi connectivity index (χ2n) is 1.88. The summed E-state index contributed by atoms with van der Waals surface area (Å²) in [5.41, 5.74) is 5.00. The Kier molecular flexibility index (Phi) is 3.42. The third-order valence-corrected chi connectivity index (χ3v) is 0.986. The zero-order valence-corrected chi connectivity index (χ0v) is 5.28. The molecule has 4 N–H and O–H groups in total. The fourth-order valence-electron chi connectivity index (χ4n) is 0.402. The molecule has 0 unspecified atom stereocenters. The van der Waals surface area contributed by atoms with Crippen LogP contribution in [-0.4, -0.2) is 28.2 Å². The quantitative estimate of drug-likeness (QED) is 0.456. The first-order valence-corrected chi connectivity index (χ1v) is 2.74. The number of hydrogen-bond donors (Lipinski definition) is 3. The Balaban J connectivity index is 3.49. The molecule has 0 bridgehead atoms. The molecule has 0 fully saturated rings. The summed E-state index contributed by atoms with van der Waals surface area (Å²) in [6.45, 7) is 0. The molecule has 58 valence electrons. The van der Waals surface area contributed by atoms with Crippen molar-refractivity contribution in [3.05, 3.63) is 0 Å². The van der Waals surface area contributed by atoms with Crippen LogP contribution in [0.15, 0.2) is 0 Å². The van der Waals surface area contributed by atoms with E-state index in [1.54, 1.807) is 0 Å². The van der Waals surface area contributed by atoms with Gasteiger partial charge in [0.25, 0.3) is 0 Å². The van der Waals surface area contributed by atoms with E-state index in [0.717, 1.165) is 0 Å². The van der Waals surface area contributed by atoms with E-state index in [1.807, 2.05) is 0 Å². The molecule has 0 aliphatic heterocycles. The average Bonchev–Trinajstić information content (AvgIpc) is 1.82. The Morgan fingerprint density at radius 2 is 1.90 bits per heavy atom. The van der Waals surface area contributed by atoms with Crippen molar-refractivity contribution in [3.63, 3.8) is 0 Å². The van der Waals surface area contributed by atoms with Crippen molar-refractivity contribution in [1.29, 1.82) is 0 Å². The summed E-state index contributed by atoms with van der Waals surface area (Å²) < 4.78 is 0. The molecule has 0 aliphatic carbocycles. The van der Waals surface area contributed by atoms with E-state index < -0.39 is 18.0 Å². The van der Waals surface area contributed by atoms with Gasteiger partial charge in [0.15, 0.2) is 0 Å². The molecule has 0 rings (SSSR count). The van der Waals surface area contributed by atoms with Gasteiger partial charge in [0.05, 0.1) is 0 Å². The fraction of sp³-hybridized carbons (Fsp3) is 0.600. The number of carboxylic acid groups (broad SMARTS) is 2. The van der Waals surface area contributed by atoms with E-state index in [4.69, 9.17) is 15.9 Å². The van der Waals surface area contributed by atoms with Crippen LogP contribution in [0.25, 0.3) is 0 Å². The lowest BCUT2D eigenvalue weighted by atomic mass is 10.4. The molecule has 0 aromatic heterocycles. The molecular formula is C5H9NO4. The molecule has 0 aromatic rings. The standard InChI is InChI=1S/C5H9NO4/c6-3(5(9)10)1-2-4(7)8/h3H,1-2,6H2,(H,7,8)(H,9,10)/t3-/m0/s1/i1+1. The van der Waals surface area contributed by atoms with Gasteiger partial charge in [-0.25, -0.2) is 0 Å². The molecule has 0 saturated carbocycles. The third-order valence-electron chi connectivity index (χ3n) is 0.986. The summed E-state index contributed by atoms with van der Waals surface area (Å²) >= 11 is 0. The summed E-state index contributed by atoms with van der Waals surface area (Å²) in [6, 6.07) is -1.06. The predicted octanol–water partition coefficient (Wildman–Crippen LogP) is -0.737. The minimum Gasteiger partial charge on any atom is -0.481 e. The summed E-state index contributed by atoms with van der Waals surface area (Å²) in [6.07, 6.45) is -0.224. The van der Waals surface area contributed by atoms with Crippen LogP contribution in [0.1, 0.15) is 12.8 Å². The molecule has 0 heterocycles. The van der Waals surface area contributed by atoms with Crippen LogP contribution in [-0.2, 0) is 9.59 Å². The fourth-order valence-corrected chi connectivity index (χ4v) is 0.402. The van der Waals surface area contributed by atoms with Crippen LogP contribution in [0.4, 0.5) is 0 Å². The molecule has 5 nitrogen and oxygen atoms in total. The van der Waals surface area contributed by atoms with Crippen LogP contribution < -0.4 is 5.73 Å². The van der Waals surface area contributed by atoms with Gasteiger partial charge in [0.1, 0.15) is 6.04 Å². The third kappa shape index (κ3) is 3.85. The van der Waals surface area contributed by atoms with Gasteiger partial charge in [0, 0.05) is 6.42 Å². The van der Waals surface area contributed by atoms with Crippen molar-refractivity contribution in [2.75, 3.05) is 0 Å². The highest BCUT2D eigenvalue weighted by Crippen LogP contribution is 1.93. The Morgan fingerprint density at radius 1 is 1.40 bits per heavy atom. The zero-order chi connectivity index (χ0) is 8.15. The highest BCUT2D eigenvalue weighted by Gasteiger charge is 2.12. The first-order valence-electron chi connectivity index (χ1n) is 2.74. The van der Waals surface area contributed by atoms with Gasteiger partial charge >= 0.3 is 11.9 Å². The molecule has 0 radical (unpaired) electrons. The minimum absolute atomic E-state index is 0.0231. The van der Waals surface area contributed by atoms with Crippen molar-refractivity contribution in [2.45, 2.75) is 18.9 Å². The van der Waals surface area contributed by atoms with Gasteiger partial charge in [0.2, 0.25) is 0 Å². The number of carboxylic acids is 2. The van der Waals surface area contributed by atoms with Crippen molar-refractivity contribution >= 4 is 11.9 Å². The molecule has 0 aromatic carbocycles. The van der Waals surface area contributed by atoms with Crippen LogP contribution >= 0.6 is 0 Å². The number of aliphatic carboxylic acids is 2. The molecular weight excluding hydrogens is 139 g/mol. The monoisotopic (exact) mass is 148 g/mol. The summed E-state index contributed by atoms with van der Waals surface area (Å²) in [5.74, 6) is -2.20. The smallest absolute Gasteiger partial charge is 0.320 e. The van der Waals surface area contributed by atoms with Gasteiger partial charge in [-0.05, 0) is 6.42 Å². The topological polar surface area (TPSA) is 101 Å². The molecule has 0 amide bonds. The van der Waals surface area contributed by atoms with Gasteiger partial charge < -0.3 is 15.9 Å². The minimum atomic E-state index is -1.17. The second-order valence-corrected chi connectivity index (χ2v) is 1.88. The largest absolute Gasteiger partial charge is 0.481 e. The lowest BCUT2D eigenvalue weighted by molar-refractivity contribution is -0.139. The maximum Gasteiger partial charge on any atom is 0.320 e. The van der Waals surface area contributed by atoms with E-state index >= 15 is 0 Å². The molecule has 1 atom stereocenters. The molecule has 10 heavy (non-hydrogen) atoms. The molecule has 5 heteroatoms. The molecule has 0 spiro atoms. The SMILES string of the molecule is N[C@@H]([13CH2]CC(=O)O)C(=O)O. The normalized spacial score (nSPS) is 12.5. The van der Waals surface area contributed by atoms with Gasteiger partial charge in [-0.1, -0.05) is 0 Å². The van der Waals surface area contributed by atoms with E-state index in [9.17, 15) is 9.59 Å². The predicted molar refractivity (Wildman–Crippen MR) is 32.5 cm³/mol. The lowest BCUT2D eigenvalue weighted by Gasteiger charge is -2.01. The van der Waals surface area contributed by atoms with E-state index in [0.29, 0.717) is 0 Å². The first-order chi connectivity index (χ1) is 4.54. The van der Waals surface area contributed by atoms with Crippen LogP contribution in [0, 0.1) is 0 Å². The summed E-state index contributed by atoms with van der Waals surface area (Å²) in [4.78, 5) is 19.9. The molecule has 0 aliphatic rings. The van der Waals surface area contributed by atoms with Crippen molar-refractivity contribution in [2.24, 2.45) is 5.73 Å². The summed E-state index contributed by atoms with van der Waals surface area (Å²) in [7, 11) is 0. The van der Waals surface area contributed by atoms with Crippen molar-refractivity contribution in [1.82, 2.24) is 0 Å². The highest BCUT2D eigenvalue weighted by atomic mass is 16.4. The highest BCUT2D eigenvalue weighted by molar-refractivity contribution is 5.74. The zero-order valence-electron chi connectivity index (χ0n) is 5.28. The lowest BCUT2D eigenvalue weighted by Crippen LogP contribution is -2.30. The van der Waals surface area contributed by atoms with Crippen LogP contribution in [0.3, 0.4) is 0 Å². The number of nitrogens with two attached hydrogens (primary N) is 1. The van der Waals surface area contributed by atoms with Crippen molar-refractivity contribution in [3.8, 4) is 0 Å². The Labute approximate surface area is 57.5 Å². The van der Waals surface area contributed by atoms with Gasteiger partial charge in [-0.2, -0.15) is 0 Å². The molecule has 0 saturated heterocycles. The summed E-state index contributed by atoms with van der Waals surface area (Å²) in [5, 5.41) is 16.3. The maximum absolute atomic E-state index is 9.99. The maximum atomic E-state index is 9.99. The van der Waals surface area contributed by atoms with Gasteiger partial charge in [-0.15, -0.1) is 0 Å². The average molecular weight is 148 g/mol. The van der Waals surface area contributed by atoms with E-state index in [-0.39, 0.29) is 12.8 Å². The first kappa shape index (κ1) is 8.90. The second kappa shape index (κ2) is 3.84. The Bertz CT molecular complexity index is 145. The number of carbonyl (C=O) groups is 2. The van der Waals surface area contributed by atoms with Crippen LogP contribution in [0.5, 0.6) is 0 Å². The number of hydrogen-bond acceptors (Lipinski definition) is 3.